The van der Waals surface area contributed by atoms with E-state index in [1.807, 2.05) is 12.1 Å². The Balaban J connectivity index is 1.55. The quantitative estimate of drug-likeness (QED) is 0.339. The maximum atomic E-state index is 13.4. The molecule has 0 saturated carbocycles. The van der Waals surface area contributed by atoms with Gasteiger partial charge in [0.05, 0.1) is 17.6 Å². The molecule has 0 aromatic heterocycles. The number of hydrogen-bond acceptors (Lipinski definition) is 5. The molecule has 0 fully saturated rings. The second kappa shape index (κ2) is 12.1. The lowest BCUT2D eigenvalue weighted by Gasteiger charge is -2.12. The van der Waals surface area contributed by atoms with Crippen LogP contribution in [0.25, 0.3) is 6.08 Å². The number of hydrogen-bond donors (Lipinski definition) is 3. The summed E-state index contributed by atoms with van der Waals surface area (Å²) in [5.41, 5.74) is 1.74. The number of aliphatic hydroxyl groups excluding tert-OH is 1. The number of rotatable bonds is 12. The smallest absolute Gasteiger partial charge is 0.303 e. The summed E-state index contributed by atoms with van der Waals surface area (Å²) in [4.78, 5) is 10.6. The SMILES string of the molecule is O=C(O)CCc1ccccc1OCC[C@@H](O)/C=C/c1cccc(NS(=O)(=O)c2cccc(F)c2)c1. The Hall–Kier alpha value is -3.69. The first kappa shape index (κ1) is 25.9. The molecule has 0 heterocycles. The van der Waals surface area contributed by atoms with E-state index in [-0.39, 0.29) is 17.9 Å². The van der Waals surface area contributed by atoms with Crippen molar-refractivity contribution in [3.63, 3.8) is 0 Å². The fourth-order valence-electron chi connectivity index (χ4n) is 3.25. The van der Waals surface area contributed by atoms with Crippen molar-refractivity contribution in [2.75, 3.05) is 11.3 Å². The van der Waals surface area contributed by atoms with Gasteiger partial charge in [-0.3, -0.25) is 9.52 Å². The molecule has 0 saturated heterocycles. The van der Waals surface area contributed by atoms with E-state index in [0.717, 1.165) is 11.6 Å². The van der Waals surface area contributed by atoms with Crippen LogP contribution < -0.4 is 9.46 Å². The summed E-state index contributed by atoms with van der Waals surface area (Å²) in [5, 5.41) is 19.1. The van der Waals surface area contributed by atoms with Gasteiger partial charge in [-0.15, -0.1) is 0 Å². The number of carboxylic acids is 1. The summed E-state index contributed by atoms with van der Waals surface area (Å²) >= 11 is 0. The molecule has 9 heteroatoms. The van der Waals surface area contributed by atoms with Crippen molar-refractivity contribution in [1.82, 2.24) is 0 Å². The highest BCUT2D eigenvalue weighted by atomic mass is 32.2. The van der Waals surface area contributed by atoms with Gasteiger partial charge >= 0.3 is 5.97 Å². The van der Waals surface area contributed by atoms with Crippen molar-refractivity contribution in [2.45, 2.75) is 30.3 Å². The van der Waals surface area contributed by atoms with Gasteiger partial charge < -0.3 is 14.9 Å². The second-order valence-corrected chi connectivity index (χ2v) is 9.44. The Morgan fingerprint density at radius 3 is 2.60 bits per heavy atom. The topological polar surface area (TPSA) is 113 Å². The van der Waals surface area contributed by atoms with E-state index in [1.54, 1.807) is 48.6 Å². The van der Waals surface area contributed by atoms with Crippen molar-refractivity contribution >= 4 is 27.8 Å². The highest BCUT2D eigenvalue weighted by Crippen LogP contribution is 2.21. The summed E-state index contributed by atoms with van der Waals surface area (Å²) in [6, 6.07) is 18.5. The molecular formula is C26H26FNO6S. The third kappa shape index (κ3) is 8.24. The van der Waals surface area contributed by atoms with Crippen LogP contribution in [0, 0.1) is 5.82 Å². The van der Waals surface area contributed by atoms with Gasteiger partial charge in [-0.25, -0.2) is 12.8 Å². The number of ether oxygens (including phenoxy) is 1. The van der Waals surface area contributed by atoms with Gasteiger partial charge in [0, 0.05) is 18.5 Å². The Kier molecular flexibility index (Phi) is 8.99. The lowest BCUT2D eigenvalue weighted by atomic mass is 10.1. The minimum Gasteiger partial charge on any atom is -0.493 e. The number of sulfonamides is 1. The normalized spacial score (nSPS) is 12.4. The van der Waals surface area contributed by atoms with Crippen LogP contribution in [0.3, 0.4) is 0 Å². The molecule has 0 aliphatic heterocycles. The summed E-state index contributed by atoms with van der Waals surface area (Å²) in [5.74, 6) is -0.944. The molecule has 3 rings (SSSR count). The van der Waals surface area contributed by atoms with E-state index in [9.17, 15) is 22.7 Å². The lowest BCUT2D eigenvalue weighted by molar-refractivity contribution is -0.136. The largest absolute Gasteiger partial charge is 0.493 e. The number of carboxylic acid groups (broad SMARTS) is 1. The second-order valence-electron chi connectivity index (χ2n) is 7.75. The number of para-hydroxylation sites is 1. The van der Waals surface area contributed by atoms with Gasteiger partial charge in [-0.1, -0.05) is 48.6 Å². The Morgan fingerprint density at radius 1 is 1.06 bits per heavy atom. The van der Waals surface area contributed by atoms with E-state index in [4.69, 9.17) is 9.84 Å². The summed E-state index contributed by atoms with van der Waals surface area (Å²) in [7, 11) is -3.95. The third-order valence-corrected chi connectivity index (χ3v) is 6.39. The molecular weight excluding hydrogens is 473 g/mol. The minimum atomic E-state index is -3.95. The van der Waals surface area contributed by atoms with E-state index in [2.05, 4.69) is 4.72 Å². The molecule has 0 unspecified atom stereocenters. The van der Waals surface area contributed by atoms with Gasteiger partial charge in [-0.05, 0) is 53.9 Å². The molecule has 184 valence electrons. The predicted octanol–water partition coefficient (Wildman–Crippen LogP) is 4.49. The highest BCUT2D eigenvalue weighted by molar-refractivity contribution is 7.92. The van der Waals surface area contributed by atoms with Crippen LogP contribution in [-0.4, -0.2) is 37.3 Å². The molecule has 3 N–H and O–H groups in total. The van der Waals surface area contributed by atoms with E-state index in [1.165, 1.54) is 18.2 Å². The molecule has 35 heavy (non-hydrogen) atoms. The standard InChI is InChI=1S/C26H26FNO6S/c27-21-7-4-9-24(18-21)35(32,33)28-22-8-3-5-19(17-22)11-13-23(29)15-16-34-25-10-2-1-6-20(25)12-14-26(30)31/h1-11,13,17-18,23,28-29H,12,14-16H2,(H,30,31)/b13-11+/t23-/m0/s1. The Labute approximate surface area is 203 Å². The zero-order valence-electron chi connectivity index (χ0n) is 18.8. The van der Waals surface area contributed by atoms with Crippen LogP contribution in [0.5, 0.6) is 5.75 Å². The minimum absolute atomic E-state index is 0.00317. The molecule has 3 aromatic carbocycles. The lowest BCUT2D eigenvalue weighted by Crippen LogP contribution is -2.13. The van der Waals surface area contributed by atoms with Crippen molar-refractivity contribution in [3.8, 4) is 5.75 Å². The molecule has 3 aromatic rings. The van der Waals surface area contributed by atoms with Crippen LogP contribution in [0.4, 0.5) is 10.1 Å². The number of carbonyl (C=O) groups is 1. The number of aliphatic hydroxyl groups is 1. The monoisotopic (exact) mass is 499 g/mol. The average molecular weight is 500 g/mol. The van der Waals surface area contributed by atoms with Crippen molar-refractivity contribution in [1.29, 1.82) is 0 Å². The highest BCUT2D eigenvalue weighted by Gasteiger charge is 2.15. The third-order valence-electron chi connectivity index (χ3n) is 5.01. The average Bonchev–Trinajstić information content (AvgIpc) is 2.82. The fraction of sp³-hybridized carbons (Fsp3) is 0.192. The molecule has 0 bridgehead atoms. The Morgan fingerprint density at radius 2 is 1.83 bits per heavy atom. The molecule has 0 radical (unpaired) electrons. The number of benzene rings is 3. The zero-order chi connectivity index (χ0) is 25.3. The molecule has 7 nitrogen and oxygen atoms in total. The van der Waals surface area contributed by atoms with Crippen molar-refractivity contribution in [2.24, 2.45) is 0 Å². The van der Waals surface area contributed by atoms with Gasteiger partial charge in [0.15, 0.2) is 0 Å². The summed E-state index contributed by atoms with van der Waals surface area (Å²) < 4.78 is 46.5. The van der Waals surface area contributed by atoms with E-state index in [0.29, 0.717) is 29.8 Å². The van der Waals surface area contributed by atoms with Crippen LogP contribution >= 0.6 is 0 Å². The van der Waals surface area contributed by atoms with Crippen LogP contribution in [-0.2, 0) is 21.2 Å². The van der Waals surface area contributed by atoms with Crippen LogP contribution in [0.1, 0.15) is 24.0 Å². The van der Waals surface area contributed by atoms with Crippen LogP contribution in [0.2, 0.25) is 0 Å². The predicted molar refractivity (Wildman–Crippen MR) is 131 cm³/mol. The molecule has 1 atom stereocenters. The first-order valence-corrected chi connectivity index (χ1v) is 12.4. The van der Waals surface area contributed by atoms with E-state index < -0.39 is 27.9 Å². The first-order chi connectivity index (χ1) is 16.7. The fourth-order valence-corrected chi connectivity index (χ4v) is 4.34. The number of nitrogens with one attached hydrogen (secondary N) is 1. The molecule has 0 spiro atoms. The Bertz CT molecular complexity index is 1290. The molecule has 0 aliphatic carbocycles. The number of halogens is 1. The number of aryl methyl sites for hydroxylation is 1. The van der Waals surface area contributed by atoms with Gasteiger partial charge in [-0.2, -0.15) is 0 Å². The van der Waals surface area contributed by atoms with Crippen LogP contribution in [0.15, 0.2) is 83.8 Å². The summed E-state index contributed by atoms with van der Waals surface area (Å²) in [6.07, 6.45) is 3.08. The number of aliphatic carboxylic acids is 1. The summed E-state index contributed by atoms with van der Waals surface area (Å²) in [6.45, 7) is 0.225. The molecule has 0 aliphatic rings. The zero-order valence-corrected chi connectivity index (χ0v) is 19.6. The molecule has 0 amide bonds. The first-order valence-electron chi connectivity index (χ1n) is 10.9. The van der Waals surface area contributed by atoms with Gasteiger partial charge in [0.1, 0.15) is 11.6 Å². The van der Waals surface area contributed by atoms with Crippen molar-refractivity contribution < 1.29 is 32.6 Å². The maximum absolute atomic E-state index is 13.4. The maximum Gasteiger partial charge on any atom is 0.303 e. The number of anilines is 1. The van der Waals surface area contributed by atoms with E-state index >= 15 is 0 Å². The van der Waals surface area contributed by atoms with Crippen molar-refractivity contribution in [3.05, 3.63) is 95.8 Å². The van der Waals surface area contributed by atoms with Gasteiger partial charge in [0.25, 0.3) is 10.0 Å². The van der Waals surface area contributed by atoms with Gasteiger partial charge in [0.2, 0.25) is 0 Å².